The summed E-state index contributed by atoms with van der Waals surface area (Å²) in [6.45, 7) is 7.36. The SMILES string of the molecule is CCCn1c(C)cc(/C=C(\C#N)C(=O)NCc2ccc(OC)c(OC)c2)c1C. The molecule has 0 atom stereocenters. The number of carbonyl (C=O) groups excluding carboxylic acids is 1. The number of aryl methyl sites for hydroxylation is 1. The molecule has 0 aliphatic carbocycles. The molecule has 0 unspecified atom stereocenters. The number of carbonyl (C=O) groups is 1. The minimum absolute atomic E-state index is 0.0808. The molecule has 0 aliphatic rings. The van der Waals surface area contributed by atoms with Gasteiger partial charge in [-0.15, -0.1) is 0 Å². The topological polar surface area (TPSA) is 76.3 Å². The smallest absolute Gasteiger partial charge is 0.262 e. The first kappa shape index (κ1) is 21.1. The Bertz CT molecular complexity index is 920. The first-order valence-electron chi connectivity index (χ1n) is 9.22. The van der Waals surface area contributed by atoms with E-state index in [0.29, 0.717) is 11.5 Å². The molecule has 0 saturated heterocycles. The van der Waals surface area contributed by atoms with Crippen LogP contribution in [0.1, 0.15) is 35.9 Å². The van der Waals surface area contributed by atoms with Crippen LogP contribution in [0.3, 0.4) is 0 Å². The summed E-state index contributed by atoms with van der Waals surface area (Å²) in [5.74, 6) is 0.809. The fourth-order valence-corrected chi connectivity index (χ4v) is 3.11. The average molecular weight is 381 g/mol. The number of nitrogens with one attached hydrogen (secondary N) is 1. The van der Waals surface area contributed by atoms with Crippen molar-refractivity contribution in [1.82, 2.24) is 9.88 Å². The Morgan fingerprint density at radius 3 is 2.54 bits per heavy atom. The summed E-state index contributed by atoms with van der Waals surface area (Å²) in [6, 6.07) is 9.44. The zero-order valence-electron chi connectivity index (χ0n) is 17.1. The lowest BCUT2D eigenvalue weighted by Gasteiger charge is -2.10. The van der Waals surface area contributed by atoms with Crippen LogP contribution < -0.4 is 14.8 Å². The highest BCUT2D eigenvalue weighted by Gasteiger charge is 2.13. The van der Waals surface area contributed by atoms with E-state index >= 15 is 0 Å². The summed E-state index contributed by atoms with van der Waals surface area (Å²) in [4.78, 5) is 12.5. The van der Waals surface area contributed by atoms with Crippen LogP contribution in [0.15, 0.2) is 29.8 Å². The van der Waals surface area contributed by atoms with Crippen molar-refractivity contribution in [3.8, 4) is 17.6 Å². The summed E-state index contributed by atoms with van der Waals surface area (Å²) < 4.78 is 12.7. The fraction of sp³-hybridized carbons (Fsp3) is 0.364. The van der Waals surface area contributed by atoms with Gasteiger partial charge in [0.15, 0.2) is 11.5 Å². The molecule has 2 rings (SSSR count). The molecule has 148 valence electrons. The highest BCUT2D eigenvalue weighted by Crippen LogP contribution is 2.27. The molecule has 0 bridgehead atoms. The molecule has 6 nitrogen and oxygen atoms in total. The van der Waals surface area contributed by atoms with E-state index in [2.05, 4.69) is 16.8 Å². The number of amides is 1. The molecule has 1 aromatic carbocycles. The number of nitriles is 1. The summed E-state index contributed by atoms with van der Waals surface area (Å²) in [5.41, 5.74) is 4.00. The van der Waals surface area contributed by atoms with Crippen LogP contribution >= 0.6 is 0 Å². The highest BCUT2D eigenvalue weighted by atomic mass is 16.5. The minimum atomic E-state index is -0.405. The number of hydrogen-bond acceptors (Lipinski definition) is 4. The number of ether oxygens (including phenoxy) is 2. The van der Waals surface area contributed by atoms with E-state index in [1.165, 1.54) is 0 Å². The Morgan fingerprint density at radius 1 is 1.21 bits per heavy atom. The van der Waals surface area contributed by atoms with E-state index in [1.54, 1.807) is 32.4 Å². The van der Waals surface area contributed by atoms with Gasteiger partial charge in [0.2, 0.25) is 0 Å². The highest BCUT2D eigenvalue weighted by molar-refractivity contribution is 6.01. The molecule has 1 aromatic heterocycles. The van der Waals surface area contributed by atoms with Gasteiger partial charge in [-0.25, -0.2) is 0 Å². The van der Waals surface area contributed by atoms with E-state index in [9.17, 15) is 10.1 Å². The van der Waals surface area contributed by atoms with Gasteiger partial charge in [-0.1, -0.05) is 13.0 Å². The third kappa shape index (κ3) is 4.74. The maximum atomic E-state index is 12.5. The zero-order chi connectivity index (χ0) is 20.7. The molecule has 1 amide bonds. The third-order valence-corrected chi connectivity index (χ3v) is 4.63. The van der Waals surface area contributed by atoms with E-state index in [-0.39, 0.29) is 12.1 Å². The normalized spacial score (nSPS) is 11.1. The van der Waals surface area contributed by atoms with Gasteiger partial charge in [-0.05, 0) is 55.7 Å². The van der Waals surface area contributed by atoms with Crippen molar-refractivity contribution in [2.75, 3.05) is 14.2 Å². The Kier molecular flexibility index (Phi) is 7.28. The molecule has 1 heterocycles. The maximum Gasteiger partial charge on any atom is 0.262 e. The zero-order valence-corrected chi connectivity index (χ0v) is 17.1. The van der Waals surface area contributed by atoms with Gasteiger partial charge in [-0.2, -0.15) is 5.26 Å². The molecule has 0 aliphatic heterocycles. The lowest BCUT2D eigenvalue weighted by atomic mass is 10.1. The molecule has 1 N–H and O–H groups in total. The first-order chi connectivity index (χ1) is 13.4. The van der Waals surface area contributed by atoms with Crippen LogP contribution in [0.2, 0.25) is 0 Å². The number of benzene rings is 1. The molecule has 0 fully saturated rings. The number of aromatic nitrogens is 1. The average Bonchev–Trinajstić information content (AvgIpc) is 2.97. The van der Waals surface area contributed by atoms with Gasteiger partial charge in [0, 0.05) is 24.5 Å². The van der Waals surface area contributed by atoms with Crippen LogP contribution in [0, 0.1) is 25.2 Å². The lowest BCUT2D eigenvalue weighted by Crippen LogP contribution is -2.24. The Hall–Kier alpha value is -3.20. The van der Waals surface area contributed by atoms with Crippen molar-refractivity contribution < 1.29 is 14.3 Å². The van der Waals surface area contributed by atoms with Crippen LogP contribution in [0.25, 0.3) is 6.08 Å². The van der Waals surface area contributed by atoms with Crippen molar-refractivity contribution in [2.45, 2.75) is 40.3 Å². The van der Waals surface area contributed by atoms with Crippen LogP contribution in [-0.2, 0) is 17.9 Å². The Labute approximate surface area is 166 Å². The molecule has 6 heteroatoms. The van der Waals surface area contributed by atoms with Gasteiger partial charge in [0.25, 0.3) is 5.91 Å². The minimum Gasteiger partial charge on any atom is -0.493 e. The van der Waals surface area contributed by atoms with E-state index in [0.717, 1.165) is 35.5 Å². The quantitative estimate of drug-likeness (QED) is 0.558. The number of rotatable bonds is 8. The monoisotopic (exact) mass is 381 g/mol. The van der Waals surface area contributed by atoms with Crippen molar-refractivity contribution in [1.29, 1.82) is 5.26 Å². The summed E-state index contributed by atoms with van der Waals surface area (Å²) >= 11 is 0. The summed E-state index contributed by atoms with van der Waals surface area (Å²) in [5, 5.41) is 12.2. The molecular formula is C22H27N3O3. The molecule has 28 heavy (non-hydrogen) atoms. The van der Waals surface area contributed by atoms with Crippen LogP contribution in [0.5, 0.6) is 11.5 Å². The van der Waals surface area contributed by atoms with Gasteiger partial charge >= 0.3 is 0 Å². The molecule has 2 aromatic rings. The van der Waals surface area contributed by atoms with E-state index in [4.69, 9.17) is 9.47 Å². The first-order valence-corrected chi connectivity index (χ1v) is 9.22. The van der Waals surface area contributed by atoms with Crippen molar-refractivity contribution in [3.63, 3.8) is 0 Å². The van der Waals surface area contributed by atoms with Gasteiger partial charge < -0.3 is 19.4 Å². The number of nitrogens with zero attached hydrogens (tertiary/aromatic N) is 2. The van der Waals surface area contributed by atoms with Crippen LogP contribution in [-0.4, -0.2) is 24.7 Å². The van der Waals surface area contributed by atoms with Crippen LogP contribution in [0.4, 0.5) is 0 Å². The second-order valence-electron chi connectivity index (χ2n) is 6.52. The van der Waals surface area contributed by atoms with Gasteiger partial charge in [0.1, 0.15) is 11.6 Å². The number of hydrogen-bond donors (Lipinski definition) is 1. The molecule has 0 saturated carbocycles. The maximum absolute atomic E-state index is 12.5. The van der Waals surface area contributed by atoms with E-state index in [1.807, 2.05) is 32.0 Å². The standard InChI is InChI=1S/C22H27N3O3/c1-6-9-25-15(2)10-18(16(25)3)12-19(13-23)22(26)24-14-17-7-8-20(27-4)21(11-17)28-5/h7-8,10-12H,6,9,14H2,1-5H3,(H,24,26)/b19-12+. The number of methoxy groups -OCH3 is 2. The Morgan fingerprint density at radius 2 is 1.93 bits per heavy atom. The van der Waals surface area contributed by atoms with E-state index < -0.39 is 5.91 Å². The van der Waals surface area contributed by atoms with Gasteiger partial charge in [0.05, 0.1) is 14.2 Å². The second kappa shape index (κ2) is 9.65. The third-order valence-electron chi connectivity index (χ3n) is 4.63. The summed E-state index contributed by atoms with van der Waals surface area (Å²) in [7, 11) is 3.13. The predicted molar refractivity (Wildman–Crippen MR) is 109 cm³/mol. The fourth-order valence-electron chi connectivity index (χ4n) is 3.11. The molecule has 0 radical (unpaired) electrons. The van der Waals surface area contributed by atoms with Crippen molar-refractivity contribution in [3.05, 3.63) is 52.4 Å². The van der Waals surface area contributed by atoms with Crippen molar-refractivity contribution in [2.24, 2.45) is 0 Å². The second-order valence-corrected chi connectivity index (χ2v) is 6.52. The largest absolute Gasteiger partial charge is 0.493 e. The summed E-state index contributed by atoms with van der Waals surface area (Å²) in [6.07, 6.45) is 2.68. The lowest BCUT2D eigenvalue weighted by molar-refractivity contribution is -0.117. The van der Waals surface area contributed by atoms with Gasteiger partial charge in [-0.3, -0.25) is 4.79 Å². The Balaban J connectivity index is 2.15. The predicted octanol–water partition coefficient (Wildman–Crippen LogP) is 3.76. The molecule has 0 spiro atoms. The van der Waals surface area contributed by atoms with Crippen molar-refractivity contribution >= 4 is 12.0 Å². The molecular weight excluding hydrogens is 354 g/mol.